The maximum absolute atomic E-state index is 13.7. The van der Waals surface area contributed by atoms with E-state index in [0.29, 0.717) is 17.9 Å². The summed E-state index contributed by atoms with van der Waals surface area (Å²) in [6.45, 7) is 2.85. The molecule has 0 spiro atoms. The third-order valence-corrected chi connectivity index (χ3v) is 5.68. The molecule has 5 rings (SSSR count). The topological polar surface area (TPSA) is 72.3 Å². The zero-order valence-corrected chi connectivity index (χ0v) is 17.8. The van der Waals surface area contributed by atoms with Gasteiger partial charge in [0.1, 0.15) is 11.6 Å². The lowest BCUT2D eigenvalue weighted by Crippen LogP contribution is -2.05. The molecule has 5 aromatic rings. The Hall–Kier alpha value is -3.87. The third-order valence-electron chi connectivity index (χ3n) is 5.68. The molecule has 0 saturated heterocycles. The Morgan fingerprint density at radius 3 is 2.53 bits per heavy atom. The van der Waals surface area contributed by atoms with E-state index < -0.39 is 0 Å². The molecule has 0 atom stereocenters. The minimum absolute atomic E-state index is 0.255. The van der Waals surface area contributed by atoms with Gasteiger partial charge in [0, 0.05) is 24.6 Å². The number of aromatic amines is 1. The zero-order chi connectivity index (χ0) is 21.9. The van der Waals surface area contributed by atoms with Gasteiger partial charge in [-0.05, 0) is 45.7 Å². The number of benzene rings is 3. The average molecular weight is 426 g/mol. The van der Waals surface area contributed by atoms with Crippen molar-refractivity contribution in [1.29, 1.82) is 0 Å². The molecule has 1 N–H and O–H groups in total. The SMILES string of the molecule is CCCCc1nc2cc(F)ccc2n1Cc1ccc(-c2ccccc2-c2nnn[nH]2)cc1. The lowest BCUT2D eigenvalue weighted by atomic mass is 9.98. The molecule has 0 radical (unpaired) electrons. The van der Waals surface area contributed by atoms with Gasteiger partial charge in [0.25, 0.3) is 0 Å². The fourth-order valence-electron chi connectivity index (χ4n) is 4.04. The van der Waals surface area contributed by atoms with Crippen LogP contribution in [0.5, 0.6) is 0 Å². The maximum atomic E-state index is 13.7. The fraction of sp³-hybridized carbons (Fsp3) is 0.200. The molecule has 2 heterocycles. The highest BCUT2D eigenvalue weighted by molar-refractivity contribution is 5.80. The molecule has 0 aliphatic carbocycles. The molecule has 0 fully saturated rings. The van der Waals surface area contributed by atoms with E-state index in [0.717, 1.165) is 52.9 Å². The van der Waals surface area contributed by atoms with Crippen molar-refractivity contribution in [2.24, 2.45) is 0 Å². The van der Waals surface area contributed by atoms with E-state index in [1.165, 1.54) is 12.1 Å². The first kappa shape index (κ1) is 20.1. The number of halogens is 1. The van der Waals surface area contributed by atoms with Crippen molar-refractivity contribution in [3.05, 3.63) is 83.9 Å². The van der Waals surface area contributed by atoms with Gasteiger partial charge < -0.3 is 4.57 Å². The fourth-order valence-corrected chi connectivity index (χ4v) is 4.04. The number of nitrogens with one attached hydrogen (secondary N) is 1. The minimum atomic E-state index is -0.255. The van der Waals surface area contributed by atoms with Crippen molar-refractivity contribution in [3.8, 4) is 22.5 Å². The highest BCUT2D eigenvalue weighted by Crippen LogP contribution is 2.30. The van der Waals surface area contributed by atoms with Crippen LogP contribution in [0.25, 0.3) is 33.5 Å². The molecule has 0 amide bonds. The van der Waals surface area contributed by atoms with E-state index in [9.17, 15) is 4.39 Å². The number of fused-ring (bicyclic) bond motifs is 1. The van der Waals surface area contributed by atoms with Crippen molar-refractivity contribution in [2.45, 2.75) is 32.7 Å². The molecule has 2 aromatic heterocycles. The van der Waals surface area contributed by atoms with Crippen LogP contribution in [0, 0.1) is 5.82 Å². The number of tetrazole rings is 1. The molecule has 0 unspecified atom stereocenters. The van der Waals surface area contributed by atoms with Crippen molar-refractivity contribution in [2.75, 3.05) is 0 Å². The first-order valence-corrected chi connectivity index (χ1v) is 10.8. The van der Waals surface area contributed by atoms with E-state index in [1.807, 2.05) is 24.3 Å². The van der Waals surface area contributed by atoms with Crippen LogP contribution in [0.15, 0.2) is 66.7 Å². The first-order valence-electron chi connectivity index (χ1n) is 10.8. The number of H-pyrrole nitrogens is 1. The van der Waals surface area contributed by atoms with Gasteiger partial charge in [-0.3, -0.25) is 0 Å². The second-order valence-corrected chi connectivity index (χ2v) is 7.84. The molecule has 6 nitrogen and oxygen atoms in total. The summed E-state index contributed by atoms with van der Waals surface area (Å²) in [6, 6.07) is 21.4. The summed E-state index contributed by atoms with van der Waals surface area (Å²) in [4.78, 5) is 4.71. The number of aryl methyl sites for hydroxylation is 1. The monoisotopic (exact) mass is 426 g/mol. The Labute approximate surface area is 185 Å². The standard InChI is InChI=1S/C25H23FN6/c1-2-3-8-24-27-22-15-19(26)13-14-23(22)32(24)16-17-9-11-18(12-10-17)20-6-4-5-7-21(20)25-28-30-31-29-25/h4-7,9-15H,2-3,8,16H2,1H3,(H,28,29,30,31). The molecule has 160 valence electrons. The lowest BCUT2D eigenvalue weighted by Gasteiger charge is -2.11. The summed E-state index contributed by atoms with van der Waals surface area (Å²) in [7, 11) is 0. The summed E-state index contributed by atoms with van der Waals surface area (Å²) < 4.78 is 15.9. The Morgan fingerprint density at radius 1 is 0.969 bits per heavy atom. The highest BCUT2D eigenvalue weighted by atomic mass is 19.1. The predicted octanol–water partition coefficient (Wildman–Crippen LogP) is 5.41. The number of hydrogen-bond donors (Lipinski definition) is 1. The first-order chi connectivity index (χ1) is 15.7. The van der Waals surface area contributed by atoms with Gasteiger partial charge in [-0.25, -0.2) is 14.5 Å². The van der Waals surface area contributed by atoms with Gasteiger partial charge in [-0.2, -0.15) is 0 Å². The van der Waals surface area contributed by atoms with E-state index >= 15 is 0 Å². The number of nitrogens with zero attached hydrogens (tertiary/aromatic N) is 5. The van der Waals surface area contributed by atoms with Crippen LogP contribution in [0.2, 0.25) is 0 Å². The predicted molar refractivity (Wildman–Crippen MR) is 122 cm³/mol. The van der Waals surface area contributed by atoms with Crippen LogP contribution in [-0.2, 0) is 13.0 Å². The van der Waals surface area contributed by atoms with Crippen LogP contribution in [0.3, 0.4) is 0 Å². The van der Waals surface area contributed by atoms with Gasteiger partial charge in [-0.15, -0.1) is 5.10 Å². The zero-order valence-electron chi connectivity index (χ0n) is 17.8. The molecule has 32 heavy (non-hydrogen) atoms. The maximum Gasteiger partial charge on any atom is 0.180 e. The molecule has 0 aliphatic heterocycles. The quantitative estimate of drug-likeness (QED) is 0.377. The number of rotatable bonds is 7. The Balaban J connectivity index is 1.47. The normalized spacial score (nSPS) is 11.3. The Bertz CT molecular complexity index is 1340. The minimum Gasteiger partial charge on any atom is -0.323 e. The van der Waals surface area contributed by atoms with Gasteiger partial charge in [0.15, 0.2) is 5.82 Å². The Morgan fingerprint density at radius 2 is 1.78 bits per heavy atom. The number of unbranched alkanes of at least 4 members (excludes halogenated alkanes) is 1. The van der Waals surface area contributed by atoms with E-state index in [-0.39, 0.29) is 5.82 Å². The number of aromatic nitrogens is 6. The molecule has 7 heteroatoms. The van der Waals surface area contributed by atoms with Gasteiger partial charge in [-0.1, -0.05) is 61.9 Å². The van der Waals surface area contributed by atoms with E-state index in [1.54, 1.807) is 0 Å². The summed E-state index contributed by atoms with van der Waals surface area (Å²) in [5, 5.41) is 14.3. The van der Waals surface area contributed by atoms with E-state index in [4.69, 9.17) is 4.98 Å². The molecule has 3 aromatic carbocycles. The summed E-state index contributed by atoms with van der Waals surface area (Å²) in [6.07, 6.45) is 3.02. The van der Waals surface area contributed by atoms with Crippen LogP contribution in [0.4, 0.5) is 4.39 Å². The second kappa shape index (κ2) is 8.70. The van der Waals surface area contributed by atoms with Gasteiger partial charge in [0.2, 0.25) is 0 Å². The average Bonchev–Trinajstić information content (AvgIpc) is 3.47. The largest absolute Gasteiger partial charge is 0.323 e. The van der Waals surface area contributed by atoms with Crippen molar-refractivity contribution in [1.82, 2.24) is 30.2 Å². The number of hydrogen-bond acceptors (Lipinski definition) is 4. The Kier molecular flexibility index (Phi) is 5.46. The van der Waals surface area contributed by atoms with Crippen LogP contribution >= 0.6 is 0 Å². The van der Waals surface area contributed by atoms with E-state index in [2.05, 4.69) is 62.4 Å². The summed E-state index contributed by atoms with van der Waals surface area (Å²) >= 11 is 0. The van der Waals surface area contributed by atoms with Gasteiger partial charge in [0.05, 0.1) is 11.0 Å². The van der Waals surface area contributed by atoms with Crippen LogP contribution in [-0.4, -0.2) is 30.2 Å². The molecule has 0 aliphatic rings. The summed E-state index contributed by atoms with van der Waals surface area (Å²) in [5.41, 5.74) is 5.94. The number of imidazole rings is 1. The van der Waals surface area contributed by atoms with Crippen LogP contribution in [0.1, 0.15) is 31.2 Å². The molecular weight excluding hydrogens is 403 g/mol. The van der Waals surface area contributed by atoms with Crippen LogP contribution < -0.4 is 0 Å². The summed E-state index contributed by atoms with van der Waals surface area (Å²) in [5.74, 6) is 1.39. The molecular formula is C25H23FN6. The van der Waals surface area contributed by atoms with Crippen molar-refractivity contribution in [3.63, 3.8) is 0 Å². The molecule has 0 saturated carbocycles. The highest BCUT2D eigenvalue weighted by Gasteiger charge is 2.13. The second-order valence-electron chi connectivity index (χ2n) is 7.84. The van der Waals surface area contributed by atoms with Gasteiger partial charge >= 0.3 is 0 Å². The van der Waals surface area contributed by atoms with Crippen molar-refractivity contribution >= 4 is 11.0 Å². The lowest BCUT2D eigenvalue weighted by molar-refractivity contribution is 0.629. The smallest absolute Gasteiger partial charge is 0.180 e. The van der Waals surface area contributed by atoms with Crippen molar-refractivity contribution < 1.29 is 4.39 Å². The third kappa shape index (κ3) is 3.89. The molecule has 0 bridgehead atoms.